The van der Waals surface area contributed by atoms with E-state index < -0.39 is 24.7 Å². The minimum absolute atomic E-state index is 0.0581. The third-order valence-electron chi connectivity index (χ3n) is 5.33. The molecule has 6 nitrogen and oxygen atoms in total. The Labute approximate surface area is 180 Å². The number of benzene rings is 3. The summed E-state index contributed by atoms with van der Waals surface area (Å²) in [7, 11) is 0. The van der Waals surface area contributed by atoms with E-state index in [1.165, 1.54) is 0 Å². The molecule has 0 aliphatic heterocycles. The molecule has 0 fully saturated rings. The number of nitrogens with one attached hydrogen (secondary N) is 1. The number of alkyl carbamates (subject to hydrolysis) is 1. The van der Waals surface area contributed by atoms with Crippen molar-refractivity contribution >= 4 is 12.1 Å². The highest BCUT2D eigenvalue weighted by Crippen LogP contribution is 2.44. The summed E-state index contributed by atoms with van der Waals surface area (Å²) in [5.41, 5.74) is 5.26. The van der Waals surface area contributed by atoms with Crippen molar-refractivity contribution < 1.29 is 24.2 Å². The van der Waals surface area contributed by atoms with Gasteiger partial charge in [0.15, 0.2) is 6.04 Å². The summed E-state index contributed by atoms with van der Waals surface area (Å²) >= 11 is 0. The molecule has 158 valence electrons. The number of hydrogen-bond donors (Lipinski definition) is 2. The first kappa shape index (κ1) is 20.6. The summed E-state index contributed by atoms with van der Waals surface area (Å²) < 4.78 is 10.6. The minimum atomic E-state index is -1.20. The van der Waals surface area contributed by atoms with Crippen LogP contribution in [-0.4, -0.2) is 36.4 Å². The first-order valence-corrected chi connectivity index (χ1v) is 10.1. The molecule has 6 heteroatoms. The number of hydrogen-bond acceptors (Lipinski definition) is 5. The monoisotopic (exact) mass is 417 g/mol. The number of amides is 1. The van der Waals surface area contributed by atoms with Gasteiger partial charge in [-0.3, -0.25) is 0 Å². The predicted molar refractivity (Wildman–Crippen MR) is 115 cm³/mol. The fourth-order valence-electron chi connectivity index (χ4n) is 3.79. The van der Waals surface area contributed by atoms with Gasteiger partial charge >= 0.3 is 12.1 Å². The van der Waals surface area contributed by atoms with Crippen LogP contribution in [0, 0.1) is 0 Å². The second kappa shape index (κ2) is 9.45. The number of fused-ring (bicyclic) bond motifs is 3. The van der Waals surface area contributed by atoms with Crippen molar-refractivity contribution in [3.8, 4) is 11.1 Å². The first-order chi connectivity index (χ1) is 15.2. The van der Waals surface area contributed by atoms with Crippen LogP contribution in [0.4, 0.5) is 4.79 Å². The van der Waals surface area contributed by atoms with Crippen molar-refractivity contribution in [3.05, 3.63) is 95.6 Å². The summed E-state index contributed by atoms with van der Waals surface area (Å²) in [6.07, 6.45) is -0.780. The standard InChI is InChI=1S/C25H23NO5/c27-14-23(24(28)30-15-17-8-2-1-3-9-17)26-25(29)31-16-22-20-12-6-4-10-18(20)19-11-5-7-13-21(19)22/h1-13,22-23,27H,14-16H2,(H,26,29)/t23-/m1/s1. The molecule has 0 heterocycles. The Morgan fingerprint density at radius 3 is 2.03 bits per heavy atom. The SMILES string of the molecule is O=C(N[C@H](CO)C(=O)OCc1ccccc1)OCC1c2ccccc2-c2ccccc21. The predicted octanol–water partition coefficient (Wildman–Crippen LogP) is 3.63. The van der Waals surface area contributed by atoms with Crippen LogP contribution in [-0.2, 0) is 20.9 Å². The molecule has 3 aromatic rings. The van der Waals surface area contributed by atoms with Crippen LogP contribution in [0.1, 0.15) is 22.6 Å². The Morgan fingerprint density at radius 1 is 0.839 bits per heavy atom. The number of rotatable bonds is 7. The molecule has 0 saturated heterocycles. The van der Waals surface area contributed by atoms with E-state index in [9.17, 15) is 14.7 Å². The zero-order valence-corrected chi connectivity index (χ0v) is 16.9. The average Bonchev–Trinajstić information content (AvgIpc) is 3.14. The lowest BCUT2D eigenvalue weighted by atomic mass is 9.98. The van der Waals surface area contributed by atoms with Crippen molar-refractivity contribution in [3.63, 3.8) is 0 Å². The molecule has 0 unspecified atom stereocenters. The van der Waals surface area contributed by atoms with Gasteiger partial charge in [-0.05, 0) is 27.8 Å². The highest BCUT2D eigenvalue weighted by Gasteiger charge is 2.29. The number of aliphatic hydroxyl groups is 1. The van der Waals surface area contributed by atoms with E-state index in [0.717, 1.165) is 27.8 Å². The molecule has 4 rings (SSSR count). The number of carbonyl (C=O) groups excluding carboxylic acids is 2. The molecule has 0 spiro atoms. The van der Waals surface area contributed by atoms with E-state index in [1.54, 1.807) is 0 Å². The molecule has 1 aliphatic carbocycles. The minimum Gasteiger partial charge on any atom is -0.459 e. The van der Waals surface area contributed by atoms with Crippen LogP contribution in [0.3, 0.4) is 0 Å². The van der Waals surface area contributed by atoms with Gasteiger partial charge in [0.05, 0.1) is 6.61 Å². The van der Waals surface area contributed by atoms with Gasteiger partial charge in [0.2, 0.25) is 0 Å². The third-order valence-corrected chi connectivity index (χ3v) is 5.33. The molecule has 0 radical (unpaired) electrons. The van der Waals surface area contributed by atoms with Crippen molar-refractivity contribution in [2.24, 2.45) is 0 Å². The summed E-state index contributed by atoms with van der Waals surface area (Å²) in [5.74, 6) is -0.810. The number of esters is 1. The quantitative estimate of drug-likeness (QED) is 0.574. The topological polar surface area (TPSA) is 84.9 Å². The van der Waals surface area contributed by atoms with Crippen LogP contribution in [0.25, 0.3) is 11.1 Å². The van der Waals surface area contributed by atoms with Gasteiger partial charge in [0.25, 0.3) is 0 Å². The van der Waals surface area contributed by atoms with Crippen LogP contribution in [0.15, 0.2) is 78.9 Å². The molecule has 0 saturated carbocycles. The van der Waals surface area contributed by atoms with Crippen molar-refractivity contribution in [1.82, 2.24) is 5.32 Å². The lowest BCUT2D eigenvalue weighted by molar-refractivity contribution is -0.148. The highest BCUT2D eigenvalue weighted by atomic mass is 16.6. The largest absolute Gasteiger partial charge is 0.459 e. The van der Waals surface area contributed by atoms with Gasteiger partial charge in [-0.25, -0.2) is 9.59 Å². The zero-order valence-electron chi connectivity index (χ0n) is 16.9. The molecule has 3 aromatic carbocycles. The maximum absolute atomic E-state index is 12.3. The zero-order chi connectivity index (χ0) is 21.6. The van der Waals surface area contributed by atoms with Gasteiger partial charge in [-0.1, -0.05) is 78.9 Å². The fraction of sp³-hybridized carbons (Fsp3) is 0.200. The van der Waals surface area contributed by atoms with E-state index in [2.05, 4.69) is 17.4 Å². The van der Waals surface area contributed by atoms with E-state index in [-0.39, 0.29) is 19.1 Å². The lowest BCUT2D eigenvalue weighted by Gasteiger charge is -2.18. The normalized spacial score (nSPS) is 13.1. The molecule has 1 atom stereocenters. The second-order valence-corrected chi connectivity index (χ2v) is 7.30. The number of carbonyl (C=O) groups is 2. The van der Waals surface area contributed by atoms with E-state index in [4.69, 9.17) is 9.47 Å². The molecule has 0 bridgehead atoms. The van der Waals surface area contributed by atoms with E-state index >= 15 is 0 Å². The molecule has 1 aliphatic rings. The van der Waals surface area contributed by atoms with Gasteiger partial charge in [0, 0.05) is 5.92 Å². The van der Waals surface area contributed by atoms with E-state index in [0.29, 0.717) is 0 Å². The molecular formula is C25H23NO5. The van der Waals surface area contributed by atoms with Crippen LogP contribution in [0.5, 0.6) is 0 Å². The fourth-order valence-corrected chi connectivity index (χ4v) is 3.79. The molecular weight excluding hydrogens is 394 g/mol. The van der Waals surface area contributed by atoms with Crippen molar-refractivity contribution in [2.45, 2.75) is 18.6 Å². The molecule has 0 aromatic heterocycles. The Bertz CT molecular complexity index is 1020. The van der Waals surface area contributed by atoms with Crippen LogP contribution >= 0.6 is 0 Å². The Kier molecular flexibility index (Phi) is 6.29. The van der Waals surface area contributed by atoms with Crippen LogP contribution < -0.4 is 5.32 Å². The Morgan fingerprint density at radius 2 is 1.42 bits per heavy atom. The third kappa shape index (κ3) is 4.59. The summed E-state index contributed by atoms with van der Waals surface area (Å²) in [6, 6.07) is 24.0. The number of ether oxygens (including phenoxy) is 2. The lowest BCUT2D eigenvalue weighted by Crippen LogP contribution is -2.44. The van der Waals surface area contributed by atoms with E-state index in [1.807, 2.05) is 66.7 Å². The maximum Gasteiger partial charge on any atom is 0.407 e. The maximum atomic E-state index is 12.3. The summed E-state index contributed by atoms with van der Waals surface area (Å²) in [6.45, 7) is -0.405. The van der Waals surface area contributed by atoms with Gasteiger partial charge in [-0.2, -0.15) is 0 Å². The van der Waals surface area contributed by atoms with Crippen LogP contribution in [0.2, 0.25) is 0 Å². The van der Waals surface area contributed by atoms with Crippen molar-refractivity contribution in [2.75, 3.05) is 13.2 Å². The Balaban J connectivity index is 1.35. The number of aliphatic hydroxyl groups excluding tert-OH is 1. The van der Waals surface area contributed by atoms with Gasteiger partial charge < -0.3 is 19.9 Å². The smallest absolute Gasteiger partial charge is 0.407 e. The van der Waals surface area contributed by atoms with Gasteiger partial charge in [0.1, 0.15) is 13.2 Å². The highest BCUT2D eigenvalue weighted by molar-refractivity contribution is 5.82. The van der Waals surface area contributed by atoms with Gasteiger partial charge in [-0.15, -0.1) is 0 Å². The molecule has 31 heavy (non-hydrogen) atoms. The second-order valence-electron chi connectivity index (χ2n) is 7.30. The molecule has 2 N–H and O–H groups in total. The average molecular weight is 417 g/mol. The summed E-state index contributed by atoms with van der Waals surface area (Å²) in [5, 5.41) is 11.9. The van der Waals surface area contributed by atoms with Crippen molar-refractivity contribution in [1.29, 1.82) is 0 Å². The Hall–Kier alpha value is -3.64. The first-order valence-electron chi connectivity index (χ1n) is 10.1. The summed E-state index contributed by atoms with van der Waals surface area (Å²) in [4.78, 5) is 24.5. The molecule has 1 amide bonds.